The summed E-state index contributed by atoms with van der Waals surface area (Å²) in [5.41, 5.74) is 0. The van der Waals surface area contributed by atoms with E-state index in [0.717, 1.165) is 64.2 Å². The number of aliphatic carboxylic acids is 1. The molecule has 0 saturated heterocycles. The van der Waals surface area contributed by atoms with Gasteiger partial charge in [0.2, 0.25) is 5.91 Å². The van der Waals surface area contributed by atoms with E-state index in [2.05, 4.69) is 55.6 Å². The average molecular weight is 828 g/mol. The summed E-state index contributed by atoms with van der Waals surface area (Å²) in [5.74, 6) is -2.38. The van der Waals surface area contributed by atoms with Crippen molar-refractivity contribution in [2.24, 2.45) is 0 Å². The normalized spacial score (nSPS) is 14.0. The van der Waals surface area contributed by atoms with E-state index in [4.69, 9.17) is 13.8 Å². The van der Waals surface area contributed by atoms with Gasteiger partial charge in [-0.1, -0.05) is 172 Å². The van der Waals surface area contributed by atoms with Crippen LogP contribution in [0.25, 0.3) is 0 Å². The number of allylic oxidation sites excluding steroid dienone is 6. The van der Waals surface area contributed by atoms with Crippen molar-refractivity contribution < 1.29 is 47.8 Å². The molecule has 0 rings (SSSR count). The van der Waals surface area contributed by atoms with Crippen molar-refractivity contribution >= 4 is 25.7 Å². The molecular weight excluding hydrogens is 745 g/mol. The van der Waals surface area contributed by atoms with Crippen molar-refractivity contribution in [1.29, 1.82) is 0 Å². The van der Waals surface area contributed by atoms with E-state index in [9.17, 15) is 34.1 Å². The van der Waals surface area contributed by atoms with Gasteiger partial charge in [0.25, 0.3) is 0 Å². The number of carbonyl (C=O) groups is 3. The van der Waals surface area contributed by atoms with Crippen LogP contribution < -0.4 is 5.32 Å². The van der Waals surface area contributed by atoms with Gasteiger partial charge in [0, 0.05) is 12.8 Å². The van der Waals surface area contributed by atoms with E-state index in [0.29, 0.717) is 12.8 Å². The summed E-state index contributed by atoms with van der Waals surface area (Å²) < 4.78 is 26.8. The third kappa shape index (κ3) is 40.3. The van der Waals surface area contributed by atoms with Gasteiger partial charge in [-0.25, -0.2) is 9.36 Å². The zero-order valence-electron chi connectivity index (χ0n) is 35.9. The molecule has 1 amide bonds. The van der Waals surface area contributed by atoms with Crippen molar-refractivity contribution in [3.8, 4) is 0 Å². The number of carbonyl (C=O) groups excluding carboxylic acids is 2. The van der Waals surface area contributed by atoms with Crippen molar-refractivity contribution in [2.75, 3.05) is 19.8 Å². The second-order valence-electron chi connectivity index (χ2n) is 15.2. The van der Waals surface area contributed by atoms with Crippen LogP contribution in [-0.4, -0.2) is 64.9 Å². The second-order valence-corrected chi connectivity index (χ2v) is 16.7. The number of aliphatic hydroxyl groups is 1. The summed E-state index contributed by atoms with van der Waals surface area (Å²) in [6, 6.07) is -1.55. The van der Waals surface area contributed by atoms with Crippen LogP contribution >= 0.6 is 7.82 Å². The molecule has 4 N–H and O–H groups in total. The molecule has 0 aromatic heterocycles. The summed E-state index contributed by atoms with van der Waals surface area (Å²) in [5, 5.41) is 21.8. The number of hydrogen-bond acceptors (Lipinski definition) is 8. The molecule has 0 spiro atoms. The maximum absolute atomic E-state index is 12.3. The van der Waals surface area contributed by atoms with Gasteiger partial charge in [0.05, 0.1) is 13.2 Å². The fraction of sp³-hybridized carbons (Fsp3) is 0.800. The van der Waals surface area contributed by atoms with Crippen LogP contribution in [0.3, 0.4) is 0 Å². The Morgan fingerprint density at radius 1 is 0.561 bits per heavy atom. The van der Waals surface area contributed by atoms with Crippen LogP contribution in [0.1, 0.15) is 200 Å². The van der Waals surface area contributed by atoms with Crippen LogP contribution in [0.2, 0.25) is 0 Å². The lowest BCUT2D eigenvalue weighted by molar-refractivity contribution is -0.147. The molecule has 0 fully saturated rings. The number of rotatable bonds is 42. The second kappa shape index (κ2) is 40.5. The Morgan fingerprint density at radius 3 is 1.47 bits per heavy atom. The maximum atomic E-state index is 12.3. The van der Waals surface area contributed by atoms with E-state index in [1.807, 2.05) is 0 Å². The quantitative estimate of drug-likeness (QED) is 0.0201. The third-order valence-corrected chi connectivity index (χ3v) is 10.6. The first kappa shape index (κ1) is 54.7. The molecule has 0 aliphatic heterocycles. The summed E-state index contributed by atoms with van der Waals surface area (Å²) in [4.78, 5) is 45.9. The molecule has 3 unspecified atom stereocenters. The van der Waals surface area contributed by atoms with Gasteiger partial charge >= 0.3 is 19.8 Å². The topological polar surface area (TPSA) is 169 Å². The number of unbranched alkanes of at least 4 members (excludes halogenated alkanes) is 22. The third-order valence-electron chi connectivity index (χ3n) is 9.68. The van der Waals surface area contributed by atoms with Gasteiger partial charge in [0.1, 0.15) is 12.7 Å². The van der Waals surface area contributed by atoms with Crippen LogP contribution in [0.4, 0.5) is 0 Å². The number of carboxylic acids is 1. The number of esters is 1. The minimum absolute atomic E-state index is 0.141. The Kier molecular flexibility index (Phi) is 38.8. The van der Waals surface area contributed by atoms with Crippen molar-refractivity contribution in [3.63, 3.8) is 0 Å². The van der Waals surface area contributed by atoms with Crippen LogP contribution in [-0.2, 0) is 32.7 Å². The lowest BCUT2D eigenvalue weighted by Gasteiger charge is -2.18. The molecule has 0 saturated carbocycles. The lowest BCUT2D eigenvalue weighted by Crippen LogP contribution is -2.43. The average Bonchev–Trinajstić information content (AvgIpc) is 3.18. The van der Waals surface area contributed by atoms with Gasteiger partial charge in [-0.05, 0) is 51.4 Å². The molecule has 3 atom stereocenters. The van der Waals surface area contributed by atoms with Gasteiger partial charge in [-0.2, -0.15) is 0 Å². The van der Waals surface area contributed by atoms with E-state index in [1.165, 1.54) is 96.3 Å². The molecule has 12 heteroatoms. The first-order valence-corrected chi connectivity index (χ1v) is 24.0. The zero-order chi connectivity index (χ0) is 42.1. The van der Waals surface area contributed by atoms with Crippen LogP contribution in [0.5, 0.6) is 0 Å². The SMILES string of the molecule is CCCCC/C=C\C/C=C\C/C=C\CCCCCCCCCCCCC(=O)NC(COP(=O)(O)OCC(O)COC(=O)CCCCCCCCCCCC)C(=O)O. The fourth-order valence-electron chi connectivity index (χ4n) is 6.15. The fourth-order valence-corrected chi connectivity index (χ4v) is 6.92. The highest BCUT2D eigenvalue weighted by molar-refractivity contribution is 7.47. The molecule has 0 bridgehead atoms. The smallest absolute Gasteiger partial charge is 0.472 e. The van der Waals surface area contributed by atoms with E-state index in [1.54, 1.807) is 0 Å². The molecule has 0 heterocycles. The van der Waals surface area contributed by atoms with Gasteiger partial charge < -0.3 is 25.2 Å². The van der Waals surface area contributed by atoms with E-state index < -0.39 is 57.6 Å². The number of phosphoric acid groups is 1. The highest BCUT2D eigenvalue weighted by Gasteiger charge is 2.28. The number of aliphatic hydroxyl groups excluding tert-OH is 1. The molecule has 0 aromatic carbocycles. The first-order valence-electron chi connectivity index (χ1n) is 22.5. The Hall–Kier alpha value is -2.30. The van der Waals surface area contributed by atoms with Crippen LogP contribution in [0.15, 0.2) is 36.5 Å². The molecule has 0 aliphatic carbocycles. The number of carboxylic acid groups (broad SMARTS) is 1. The van der Waals surface area contributed by atoms with Crippen LogP contribution in [0, 0.1) is 0 Å². The Bertz CT molecular complexity index is 1110. The highest BCUT2D eigenvalue weighted by Crippen LogP contribution is 2.43. The van der Waals surface area contributed by atoms with Gasteiger partial charge in [-0.15, -0.1) is 0 Å². The molecule has 0 aliphatic rings. The molecule has 0 radical (unpaired) electrons. The number of ether oxygens (including phenoxy) is 1. The molecule has 332 valence electrons. The highest BCUT2D eigenvalue weighted by atomic mass is 31.2. The zero-order valence-corrected chi connectivity index (χ0v) is 36.8. The minimum atomic E-state index is -4.75. The van der Waals surface area contributed by atoms with Crippen molar-refractivity contribution in [3.05, 3.63) is 36.5 Å². The van der Waals surface area contributed by atoms with Crippen molar-refractivity contribution in [1.82, 2.24) is 5.32 Å². The first-order chi connectivity index (χ1) is 27.6. The molecule has 0 aromatic rings. The molecule has 11 nitrogen and oxygen atoms in total. The number of amides is 1. The summed E-state index contributed by atoms with van der Waals surface area (Å²) in [6.07, 6.45) is 43.2. The van der Waals surface area contributed by atoms with Crippen molar-refractivity contribution in [2.45, 2.75) is 212 Å². The maximum Gasteiger partial charge on any atom is 0.472 e. The van der Waals surface area contributed by atoms with E-state index in [-0.39, 0.29) is 12.8 Å². The number of nitrogens with one attached hydrogen (secondary N) is 1. The van der Waals surface area contributed by atoms with E-state index >= 15 is 0 Å². The Balaban J connectivity index is 3.87. The van der Waals surface area contributed by atoms with Gasteiger partial charge in [0.15, 0.2) is 6.04 Å². The van der Waals surface area contributed by atoms with Gasteiger partial charge in [-0.3, -0.25) is 18.6 Å². The number of hydrogen-bond donors (Lipinski definition) is 4. The Labute approximate surface area is 346 Å². The summed E-state index contributed by atoms with van der Waals surface area (Å²) in [7, 11) is -4.75. The Morgan fingerprint density at radius 2 is 0.965 bits per heavy atom. The monoisotopic (exact) mass is 828 g/mol. The molecule has 57 heavy (non-hydrogen) atoms. The predicted octanol–water partition coefficient (Wildman–Crippen LogP) is 11.6. The standard InChI is InChI=1S/C45H82NO10P/c1-3-5-7-9-11-13-15-16-17-18-19-20-21-22-23-24-25-26-27-28-30-32-34-36-43(48)46-42(45(50)51)40-56-57(52,53)55-39-41(47)38-54-44(49)37-35-33-31-29-14-12-10-8-6-4-2/h11,13,16-17,19-20,41-42,47H,3-10,12,14-15,18,21-40H2,1-2H3,(H,46,48)(H,50,51)(H,52,53)/b13-11-,17-16-,20-19-. The minimum Gasteiger partial charge on any atom is -0.480 e. The largest absolute Gasteiger partial charge is 0.480 e. The molecular formula is C45H82NO10P. The summed E-state index contributed by atoms with van der Waals surface area (Å²) >= 11 is 0. The predicted molar refractivity (Wildman–Crippen MR) is 231 cm³/mol. The summed E-state index contributed by atoms with van der Waals surface area (Å²) in [6.45, 7) is 2.55. The lowest BCUT2D eigenvalue weighted by atomic mass is 10.0. The number of phosphoric ester groups is 1.